The Balaban J connectivity index is 1.16. The third-order valence-corrected chi connectivity index (χ3v) is 10.6. The topological polar surface area (TPSA) is 38.7 Å². The van der Waals surface area contributed by atoms with Gasteiger partial charge in [0.05, 0.1) is 0 Å². The van der Waals surface area contributed by atoms with Crippen LogP contribution < -0.4 is 0 Å². The maximum Gasteiger partial charge on any atom is 0.164 e. The van der Waals surface area contributed by atoms with Crippen molar-refractivity contribution in [2.75, 3.05) is 0 Å². The molecule has 0 spiro atoms. The molecule has 0 radical (unpaired) electrons. The summed E-state index contributed by atoms with van der Waals surface area (Å²) in [5.41, 5.74) is 12.8. The highest BCUT2D eigenvalue weighted by molar-refractivity contribution is 5.79. The highest BCUT2D eigenvalue weighted by atomic mass is 15.0. The van der Waals surface area contributed by atoms with Gasteiger partial charge in [-0.15, -0.1) is 0 Å². The van der Waals surface area contributed by atoms with Crippen molar-refractivity contribution in [1.29, 1.82) is 0 Å². The lowest BCUT2D eigenvalue weighted by Gasteiger charge is -2.44. The third kappa shape index (κ3) is 4.70. The van der Waals surface area contributed by atoms with Gasteiger partial charge in [-0.1, -0.05) is 148 Å². The van der Waals surface area contributed by atoms with E-state index in [1.165, 1.54) is 34.3 Å². The molecule has 0 saturated carbocycles. The number of allylic oxidation sites excluding steroid dienone is 8. The first-order valence-electron chi connectivity index (χ1n) is 16.3. The Kier molecular flexibility index (Phi) is 6.79. The predicted molar refractivity (Wildman–Crippen MR) is 190 cm³/mol. The Morgan fingerprint density at radius 3 is 1.70 bits per heavy atom. The molecule has 0 saturated heterocycles. The highest BCUT2D eigenvalue weighted by Gasteiger charge is 2.53. The molecule has 1 heterocycles. The fraction of sp³-hybridized carbons (Fsp3) is 0.186. The van der Waals surface area contributed by atoms with Crippen molar-refractivity contribution in [3.05, 3.63) is 156 Å². The monoisotopic (exact) mass is 595 g/mol. The van der Waals surface area contributed by atoms with Gasteiger partial charge in [0.25, 0.3) is 0 Å². The molecule has 0 fully saturated rings. The van der Waals surface area contributed by atoms with E-state index < -0.39 is 0 Å². The molecule has 0 N–H and O–H groups in total. The minimum Gasteiger partial charge on any atom is -0.208 e. The first-order valence-corrected chi connectivity index (χ1v) is 16.3. The van der Waals surface area contributed by atoms with Crippen LogP contribution in [0.3, 0.4) is 0 Å². The molecule has 8 rings (SSSR count). The van der Waals surface area contributed by atoms with Crippen LogP contribution in [0.2, 0.25) is 0 Å². The number of rotatable bonds is 5. The summed E-state index contributed by atoms with van der Waals surface area (Å²) in [7, 11) is 0. The van der Waals surface area contributed by atoms with Crippen molar-refractivity contribution < 1.29 is 0 Å². The quantitative estimate of drug-likeness (QED) is 0.203. The largest absolute Gasteiger partial charge is 0.208 e. The van der Waals surface area contributed by atoms with Crippen LogP contribution in [0.4, 0.5) is 0 Å². The summed E-state index contributed by atoms with van der Waals surface area (Å²) in [5, 5.41) is 0. The minimum atomic E-state index is 0.0813. The molecule has 0 amide bonds. The molecule has 3 aliphatic carbocycles. The van der Waals surface area contributed by atoms with Crippen molar-refractivity contribution >= 4 is 5.57 Å². The average molecular weight is 596 g/mol. The summed E-state index contributed by atoms with van der Waals surface area (Å²) in [4.78, 5) is 14.8. The number of hydrogen-bond acceptors (Lipinski definition) is 3. The maximum atomic E-state index is 4.96. The van der Waals surface area contributed by atoms with Crippen molar-refractivity contribution in [2.45, 2.75) is 40.0 Å². The Morgan fingerprint density at radius 1 is 0.543 bits per heavy atom. The van der Waals surface area contributed by atoms with Gasteiger partial charge in [0, 0.05) is 22.1 Å². The zero-order valence-corrected chi connectivity index (χ0v) is 26.7. The SMILES string of the molecule is CC1(C)C2=C(C=CCC2)C2=CC=C(c3cccc(-c4cccc(-c5nc(-c6ccccc6)nc(-c6ccccc6)n5)c4)c3)CC21C. The number of fused-ring (bicyclic) bond motifs is 2. The van der Waals surface area contributed by atoms with E-state index in [-0.39, 0.29) is 10.8 Å². The maximum absolute atomic E-state index is 4.96. The molecule has 1 unspecified atom stereocenters. The Labute approximate surface area is 271 Å². The van der Waals surface area contributed by atoms with E-state index in [4.69, 9.17) is 15.0 Å². The van der Waals surface area contributed by atoms with Crippen LogP contribution in [0.5, 0.6) is 0 Å². The van der Waals surface area contributed by atoms with Crippen molar-refractivity contribution in [1.82, 2.24) is 15.0 Å². The molecule has 3 aliphatic rings. The second-order valence-electron chi connectivity index (χ2n) is 13.4. The van der Waals surface area contributed by atoms with E-state index in [0.29, 0.717) is 17.5 Å². The van der Waals surface area contributed by atoms with Crippen LogP contribution in [0.25, 0.3) is 50.9 Å². The lowest BCUT2D eigenvalue weighted by Crippen LogP contribution is -2.35. The zero-order chi connectivity index (χ0) is 31.3. The van der Waals surface area contributed by atoms with Crippen LogP contribution in [-0.2, 0) is 0 Å². The van der Waals surface area contributed by atoms with Crippen LogP contribution in [0.1, 0.15) is 45.6 Å². The molecule has 3 nitrogen and oxygen atoms in total. The molecular formula is C43H37N3. The second kappa shape index (κ2) is 11.0. The van der Waals surface area contributed by atoms with Crippen molar-refractivity contribution in [3.8, 4) is 45.3 Å². The fourth-order valence-electron chi connectivity index (χ4n) is 7.62. The first kappa shape index (κ1) is 28.3. The molecule has 0 aliphatic heterocycles. The van der Waals surface area contributed by atoms with E-state index in [1.54, 1.807) is 5.57 Å². The summed E-state index contributed by atoms with van der Waals surface area (Å²) >= 11 is 0. The van der Waals surface area contributed by atoms with E-state index in [0.717, 1.165) is 35.1 Å². The van der Waals surface area contributed by atoms with Gasteiger partial charge in [0.2, 0.25) is 0 Å². The highest BCUT2D eigenvalue weighted by Crippen LogP contribution is 2.65. The van der Waals surface area contributed by atoms with E-state index in [9.17, 15) is 0 Å². The lowest BCUT2D eigenvalue weighted by molar-refractivity contribution is 0.196. The molecule has 3 heteroatoms. The van der Waals surface area contributed by atoms with Crippen molar-refractivity contribution in [3.63, 3.8) is 0 Å². The number of nitrogens with zero attached hydrogens (tertiary/aromatic N) is 3. The minimum absolute atomic E-state index is 0.0813. The second-order valence-corrected chi connectivity index (χ2v) is 13.4. The van der Waals surface area contributed by atoms with Gasteiger partial charge in [-0.05, 0) is 70.2 Å². The summed E-state index contributed by atoms with van der Waals surface area (Å²) in [5.74, 6) is 2.01. The summed E-state index contributed by atoms with van der Waals surface area (Å²) in [6.07, 6.45) is 12.9. The number of aromatic nitrogens is 3. The van der Waals surface area contributed by atoms with E-state index in [1.807, 2.05) is 60.7 Å². The van der Waals surface area contributed by atoms with Gasteiger partial charge in [-0.25, -0.2) is 15.0 Å². The Bertz CT molecular complexity index is 2040. The molecule has 1 aromatic heterocycles. The van der Waals surface area contributed by atoms with Gasteiger partial charge >= 0.3 is 0 Å². The van der Waals surface area contributed by atoms with Gasteiger partial charge in [-0.2, -0.15) is 0 Å². The number of benzene rings is 4. The summed E-state index contributed by atoms with van der Waals surface area (Å²) < 4.78 is 0. The van der Waals surface area contributed by atoms with Crippen LogP contribution in [-0.4, -0.2) is 15.0 Å². The van der Waals surface area contributed by atoms with E-state index in [2.05, 4.69) is 93.6 Å². The van der Waals surface area contributed by atoms with Gasteiger partial charge in [0.15, 0.2) is 17.5 Å². The molecule has 0 bridgehead atoms. The Hall–Kier alpha value is -5.15. The zero-order valence-electron chi connectivity index (χ0n) is 26.7. The molecular weight excluding hydrogens is 558 g/mol. The van der Waals surface area contributed by atoms with E-state index >= 15 is 0 Å². The standard InChI is InChI=1S/C43H37N3/c1-42(2)37-23-11-10-22-36(37)38-25-24-35(28-43(38,42)3)33-20-12-18-31(26-33)32-19-13-21-34(27-32)41-45-39(29-14-6-4-7-15-29)44-40(46-41)30-16-8-5-9-17-30/h4-10,12-22,24-27H,11,23,28H2,1-3H3. The fourth-order valence-corrected chi connectivity index (χ4v) is 7.62. The summed E-state index contributed by atoms with van der Waals surface area (Å²) in [6.45, 7) is 7.40. The lowest BCUT2D eigenvalue weighted by atomic mass is 9.59. The first-order chi connectivity index (χ1) is 22.4. The third-order valence-electron chi connectivity index (χ3n) is 10.6. The molecule has 46 heavy (non-hydrogen) atoms. The molecule has 5 aromatic rings. The van der Waals surface area contributed by atoms with Gasteiger partial charge in [0.1, 0.15) is 0 Å². The van der Waals surface area contributed by atoms with Crippen LogP contribution in [0.15, 0.2) is 150 Å². The molecule has 4 aromatic carbocycles. The smallest absolute Gasteiger partial charge is 0.164 e. The van der Waals surface area contributed by atoms with Crippen LogP contribution in [0, 0.1) is 10.8 Å². The molecule has 1 atom stereocenters. The Morgan fingerprint density at radius 2 is 1.07 bits per heavy atom. The van der Waals surface area contributed by atoms with Gasteiger partial charge < -0.3 is 0 Å². The number of hydrogen-bond donors (Lipinski definition) is 0. The average Bonchev–Trinajstić information content (AvgIpc) is 3.30. The normalized spacial score (nSPS) is 19.7. The van der Waals surface area contributed by atoms with Crippen molar-refractivity contribution in [2.24, 2.45) is 10.8 Å². The molecule has 224 valence electrons. The predicted octanol–water partition coefficient (Wildman–Crippen LogP) is 10.9. The summed E-state index contributed by atoms with van der Waals surface area (Å²) in [6, 6.07) is 37.9. The van der Waals surface area contributed by atoms with Gasteiger partial charge in [-0.3, -0.25) is 0 Å². The van der Waals surface area contributed by atoms with Crippen LogP contribution >= 0.6 is 0 Å².